The molecule has 0 heterocycles. The fourth-order valence-corrected chi connectivity index (χ4v) is 4.05. The molecule has 1 N–H and O–H groups in total. The van der Waals surface area contributed by atoms with E-state index < -0.39 is 0 Å². The summed E-state index contributed by atoms with van der Waals surface area (Å²) in [5.41, 5.74) is 2.47. The molecule has 0 spiro atoms. The molecule has 2 nitrogen and oxygen atoms in total. The van der Waals surface area contributed by atoms with Crippen LogP contribution in [0.2, 0.25) is 0 Å². The van der Waals surface area contributed by atoms with Gasteiger partial charge in [0.2, 0.25) is 5.91 Å². The van der Waals surface area contributed by atoms with Crippen molar-refractivity contribution in [2.45, 2.75) is 116 Å². The fraction of sp³-hybridized carbons (Fsp3) is 0.731. The van der Waals surface area contributed by atoms with E-state index >= 15 is 0 Å². The number of amides is 1. The topological polar surface area (TPSA) is 29.1 Å². The standard InChI is InChI=1S/C26H44ClNO/c1-4-5-6-7-8-9-10-11-12-13-14-21-25(29)28-22-17-19-23-18-15-16-20-24(23)26(2,3)27/h15-16,18,20H,4-14,17,19,21-22H2,1-3H3,(H,28,29). The molecule has 1 rings (SSSR count). The Morgan fingerprint density at radius 2 is 1.41 bits per heavy atom. The molecule has 0 fully saturated rings. The maximum atomic E-state index is 12.0. The van der Waals surface area contributed by atoms with Crippen LogP contribution < -0.4 is 5.32 Å². The Morgan fingerprint density at radius 1 is 0.862 bits per heavy atom. The SMILES string of the molecule is CCCCCCCCCCCCCC(=O)NCCCc1ccccc1C(C)(C)Cl. The van der Waals surface area contributed by atoms with Crippen molar-refractivity contribution in [3.05, 3.63) is 35.4 Å². The molecule has 0 aliphatic carbocycles. The predicted molar refractivity (Wildman–Crippen MR) is 128 cm³/mol. The largest absolute Gasteiger partial charge is 0.356 e. The van der Waals surface area contributed by atoms with E-state index in [9.17, 15) is 4.79 Å². The van der Waals surface area contributed by atoms with Gasteiger partial charge in [-0.3, -0.25) is 4.79 Å². The minimum atomic E-state index is -0.352. The Labute approximate surface area is 185 Å². The van der Waals surface area contributed by atoms with Gasteiger partial charge < -0.3 is 5.32 Å². The lowest BCUT2D eigenvalue weighted by molar-refractivity contribution is -0.121. The molecule has 0 radical (unpaired) electrons. The number of unbranched alkanes of at least 4 members (excludes halogenated alkanes) is 10. The van der Waals surface area contributed by atoms with Crippen molar-refractivity contribution in [1.82, 2.24) is 5.32 Å². The van der Waals surface area contributed by atoms with Gasteiger partial charge in [-0.15, -0.1) is 11.6 Å². The number of alkyl halides is 1. The zero-order valence-corrected chi connectivity index (χ0v) is 20.0. The summed E-state index contributed by atoms with van der Waals surface area (Å²) in [4.78, 5) is 11.7. The maximum Gasteiger partial charge on any atom is 0.219 e. The summed E-state index contributed by atoms with van der Waals surface area (Å²) in [6.07, 6.45) is 17.0. The average molecular weight is 422 g/mol. The van der Waals surface area contributed by atoms with E-state index in [4.69, 9.17) is 11.6 Å². The highest BCUT2D eigenvalue weighted by atomic mass is 35.5. The number of hydrogen-bond donors (Lipinski definition) is 1. The van der Waals surface area contributed by atoms with Gasteiger partial charge in [0.05, 0.1) is 4.87 Å². The Balaban J connectivity index is 2.00. The number of carbonyl (C=O) groups is 1. The molecule has 1 aromatic carbocycles. The zero-order chi connectivity index (χ0) is 21.4. The van der Waals surface area contributed by atoms with Crippen LogP contribution in [0.25, 0.3) is 0 Å². The number of nitrogens with one attached hydrogen (secondary N) is 1. The number of hydrogen-bond acceptors (Lipinski definition) is 1. The third-order valence-corrected chi connectivity index (χ3v) is 5.81. The van der Waals surface area contributed by atoms with Gasteiger partial charge in [0.25, 0.3) is 0 Å². The Kier molecular flexibility index (Phi) is 14.1. The summed E-state index contributed by atoms with van der Waals surface area (Å²) >= 11 is 6.49. The second-order valence-corrected chi connectivity index (χ2v) is 9.81. The summed E-state index contributed by atoms with van der Waals surface area (Å²) in [5.74, 6) is 0.201. The number of rotatable bonds is 17. The van der Waals surface area contributed by atoms with E-state index in [1.807, 2.05) is 19.9 Å². The molecule has 1 aromatic rings. The molecule has 1 amide bonds. The van der Waals surface area contributed by atoms with Gasteiger partial charge in [0, 0.05) is 13.0 Å². The van der Waals surface area contributed by atoms with Crippen molar-refractivity contribution in [2.24, 2.45) is 0 Å². The molecule has 0 saturated heterocycles. The molecule has 29 heavy (non-hydrogen) atoms. The molecular formula is C26H44ClNO. The van der Waals surface area contributed by atoms with Gasteiger partial charge in [-0.25, -0.2) is 0 Å². The van der Waals surface area contributed by atoms with Crippen LogP contribution in [0.3, 0.4) is 0 Å². The zero-order valence-electron chi connectivity index (χ0n) is 19.2. The van der Waals surface area contributed by atoms with Crippen molar-refractivity contribution in [3.8, 4) is 0 Å². The lowest BCUT2D eigenvalue weighted by Gasteiger charge is -2.20. The smallest absolute Gasteiger partial charge is 0.219 e. The lowest BCUT2D eigenvalue weighted by Crippen LogP contribution is -2.24. The Morgan fingerprint density at radius 3 is 2.00 bits per heavy atom. The highest BCUT2D eigenvalue weighted by molar-refractivity contribution is 6.23. The normalized spacial score (nSPS) is 11.6. The van der Waals surface area contributed by atoms with E-state index in [2.05, 4.69) is 30.4 Å². The number of halogens is 1. The van der Waals surface area contributed by atoms with Gasteiger partial charge in [-0.2, -0.15) is 0 Å². The molecule has 0 unspecified atom stereocenters. The van der Waals surface area contributed by atoms with Crippen LogP contribution >= 0.6 is 11.6 Å². The van der Waals surface area contributed by atoms with E-state index in [0.29, 0.717) is 6.42 Å². The summed E-state index contributed by atoms with van der Waals surface area (Å²) in [6, 6.07) is 8.35. The van der Waals surface area contributed by atoms with Gasteiger partial charge in [0.1, 0.15) is 0 Å². The lowest BCUT2D eigenvalue weighted by atomic mass is 9.94. The van der Waals surface area contributed by atoms with Crippen LogP contribution in [0.5, 0.6) is 0 Å². The summed E-state index contributed by atoms with van der Waals surface area (Å²) in [7, 11) is 0. The molecule has 3 heteroatoms. The maximum absolute atomic E-state index is 12.0. The van der Waals surface area contributed by atoms with Gasteiger partial charge in [0.15, 0.2) is 0 Å². The van der Waals surface area contributed by atoms with Crippen LogP contribution in [0.15, 0.2) is 24.3 Å². The molecule has 0 aromatic heterocycles. The summed E-state index contributed by atoms with van der Waals surface area (Å²) in [6.45, 7) is 7.07. The molecular weight excluding hydrogens is 378 g/mol. The van der Waals surface area contributed by atoms with Gasteiger partial charge in [-0.1, -0.05) is 95.4 Å². The van der Waals surface area contributed by atoms with Crippen LogP contribution in [0.4, 0.5) is 0 Å². The van der Waals surface area contributed by atoms with Crippen LogP contribution in [0, 0.1) is 0 Å². The predicted octanol–water partition coefficient (Wildman–Crippen LogP) is 7.91. The number of aryl methyl sites for hydroxylation is 1. The van der Waals surface area contributed by atoms with Crippen molar-refractivity contribution >= 4 is 17.5 Å². The fourth-order valence-electron chi connectivity index (χ4n) is 3.86. The minimum Gasteiger partial charge on any atom is -0.356 e. The first-order chi connectivity index (χ1) is 13.9. The first-order valence-corrected chi connectivity index (χ1v) is 12.4. The molecule has 0 saturated carbocycles. The van der Waals surface area contributed by atoms with Crippen LogP contribution in [-0.4, -0.2) is 12.5 Å². The third-order valence-electron chi connectivity index (χ3n) is 5.61. The Hall–Kier alpha value is -1.02. The second-order valence-electron chi connectivity index (χ2n) is 8.87. The highest BCUT2D eigenvalue weighted by Gasteiger charge is 2.19. The van der Waals surface area contributed by atoms with Gasteiger partial charge >= 0.3 is 0 Å². The van der Waals surface area contributed by atoms with Crippen molar-refractivity contribution in [3.63, 3.8) is 0 Å². The summed E-state index contributed by atoms with van der Waals surface area (Å²) in [5, 5.41) is 3.07. The van der Waals surface area contributed by atoms with Gasteiger partial charge in [-0.05, 0) is 44.2 Å². The van der Waals surface area contributed by atoms with Crippen molar-refractivity contribution < 1.29 is 4.79 Å². The molecule has 0 bridgehead atoms. The van der Waals surface area contributed by atoms with E-state index in [-0.39, 0.29) is 10.8 Å². The first kappa shape index (κ1) is 26.0. The minimum absolute atomic E-state index is 0.201. The molecule has 166 valence electrons. The molecule has 0 aliphatic heterocycles. The summed E-state index contributed by atoms with van der Waals surface area (Å²) < 4.78 is 0. The number of benzene rings is 1. The van der Waals surface area contributed by atoms with Crippen LogP contribution in [-0.2, 0) is 16.1 Å². The third kappa shape index (κ3) is 13.0. The van der Waals surface area contributed by atoms with E-state index in [1.54, 1.807) is 0 Å². The van der Waals surface area contributed by atoms with Crippen molar-refractivity contribution in [1.29, 1.82) is 0 Å². The molecule has 0 aliphatic rings. The van der Waals surface area contributed by atoms with E-state index in [1.165, 1.54) is 75.3 Å². The average Bonchev–Trinajstić information content (AvgIpc) is 2.69. The van der Waals surface area contributed by atoms with Crippen LogP contribution in [0.1, 0.15) is 115 Å². The van der Waals surface area contributed by atoms with Crippen molar-refractivity contribution in [2.75, 3.05) is 6.54 Å². The quantitative estimate of drug-likeness (QED) is 0.201. The number of carbonyl (C=O) groups excluding carboxylic acids is 1. The van der Waals surface area contributed by atoms with E-state index in [0.717, 1.165) is 25.8 Å². The first-order valence-electron chi connectivity index (χ1n) is 12.0. The highest BCUT2D eigenvalue weighted by Crippen LogP contribution is 2.30. The second kappa shape index (κ2) is 15.8. The monoisotopic (exact) mass is 421 g/mol. The molecule has 0 atom stereocenters. The Bertz CT molecular complexity index is 550.